The zero-order valence-corrected chi connectivity index (χ0v) is 23.3. The van der Waals surface area contributed by atoms with E-state index in [0.717, 1.165) is 44.1 Å². The maximum absolute atomic E-state index is 6.49. The predicted octanol–water partition coefficient (Wildman–Crippen LogP) is 8.33. The van der Waals surface area contributed by atoms with E-state index in [2.05, 4.69) is 98.7 Å². The molecule has 35 heavy (non-hydrogen) atoms. The van der Waals surface area contributed by atoms with Gasteiger partial charge in [0.1, 0.15) is 0 Å². The van der Waals surface area contributed by atoms with E-state index in [4.69, 9.17) is 14.4 Å². The molecule has 4 aromatic carbocycles. The van der Waals surface area contributed by atoms with Gasteiger partial charge in [0.25, 0.3) is 0 Å². The number of aromatic nitrogens is 2. The van der Waals surface area contributed by atoms with Crippen molar-refractivity contribution in [2.24, 2.45) is 0 Å². The first kappa shape index (κ1) is 22.3. The van der Waals surface area contributed by atoms with Gasteiger partial charge in [0.2, 0.25) is 0 Å². The van der Waals surface area contributed by atoms with Gasteiger partial charge in [-0.3, -0.25) is 0 Å². The van der Waals surface area contributed by atoms with E-state index in [1.165, 1.54) is 26.3 Å². The van der Waals surface area contributed by atoms with Gasteiger partial charge in [0.15, 0.2) is 0 Å². The van der Waals surface area contributed by atoms with Crippen LogP contribution in [0, 0.1) is 6.92 Å². The Labute approximate surface area is 208 Å². The third-order valence-electron chi connectivity index (χ3n) is 7.23. The summed E-state index contributed by atoms with van der Waals surface area (Å²) in [7, 11) is 0. The van der Waals surface area contributed by atoms with E-state index in [0.29, 0.717) is 5.92 Å². The summed E-state index contributed by atoms with van der Waals surface area (Å²) in [4.78, 5) is 9.55. The van der Waals surface area contributed by atoms with Crippen molar-refractivity contribution in [2.75, 3.05) is 0 Å². The number of hydrogen-bond acceptors (Lipinski definition) is 3. The van der Waals surface area contributed by atoms with Crippen LogP contribution in [0.5, 0.6) is 0 Å². The molecule has 0 amide bonds. The van der Waals surface area contributed by atoms with Crippen LogP contribution in [0.2, 0.25) is 17.3 Å². The molecule has 0 N–H and O–H groups in total. The monoisotopic (exact) mass is 520 g/mol. The van der Waals surface area contributed by atoms with Crippen molar-refractivity contribution < 1.29 is 4.42 Å². The second-order valence-electron chi connectivity index (χ2n) is 11.0. The van der Waals surface area contributed by atoms with Crippen LogP contribution in [0.4, 0.5) is 0 Å². The molecule has 0 radical (unpaired) electrons. The number of benzene rings is 4. The summed E-state index contributed by atoms with van der Waals surface area (Å²) in [5, 5.41) is 5.81. The molecule has 0 bridgehead atoms. The molecule has 6 aromatic rings. The first-order valence-electron chi connectivity index (χ1n) is 12.4. The molecule has 3 nitrogen and oxygen atoms in total. The Morgan fingerprint density at radius 2 is 1.63 bits per heavy atom. The van der Waals surface area contributed by atoms with Gasteiger partial charge in [-0.1, -0.05) is 19.9 Å². The molecule has 6 rings (SSSR count). The zero-order chi connectivity index (χ0) is 24.5. The summed E-state index contributed by atoms with van der Waals surface area (Å²) in [6.07, 6.45) is 1.70. The van der Waals surface area contributed by atoms with Crippen LogP contribution in [-0.4, -0.2) is 23.2 Å². The Bertz CT molecular complexity index is 1770. The zero-order valence-electron chi connectivity index (χ0n) is 21.2. The quantitative estimate of drug-likeness (QED) is 0.174. The Hall–Kier alpha value is -3.18. The Morgan fingerprint density at radius 3 is 2.40 bits per heavy atom. The van der Waals surface area contributed by atoms with Crippen LogP contribution >= 0.6 is 0 Å². The van der Waals surface area contributed by atoms with Crippen LogP contribution in [-0.2, 0) is 0 Å². The van der Waals surface area contributed by atoms with E-state index < -0.39 is 13.3 Å². The van der Waals surface area contributed by atoms with Gasteiger partial charge in [-0.25, -0.2) is 0 Å². The van der Waals surface area contributed by atoms with Gasteiger partial charge in [-0.15, -0.1) is 0 Å². The Morgan fingerprint density at radius 1 is 0.829 bits per heavy atom. The van der Waals surface area contributed by atoms with Gasteiger partial charge in [0, 0.05) is 0 Å². The molecule has 2 aromatic heterocycles. The van der Waals surface area contributed by atoms with E-state index in [1.54, 1.807) is 6.33 Å². The van der Waals surface area contributed by atoms with Crippen molar-refractivity contribution in [2.45, 2.75) is 44.0 Å². The average molecular weight is 519 g/mol. The summed E-state index contributed by atoms with van der Waals surface area (Å²) >= 11 is -1.95. The number of fused-ring (bicyclic) bond motifs is 6. The molecule has 0 aliphatic heterocycles. The molecule has 0 aliphatic carbocycles. The molecule has 0 unspecified atom stereocenters. The molecule has 0 saturated heterocycles. The third-order valence-corrected chi connectivity index (χ3v) is 11.5. The van der Waals surface area contributed by atoms with Crippen molar-refractivity contribution in [3.8, 4) is 11.3 Å². The molecule has 174 valence electrons. The molecule has 0 spiro atoms. The van der Waals surface area contributed by atoms with Crippen LogP contribution in [0.3, 0.4) is 0 Å². The standard InChI is InChI=1S/C31H30GeN2O/c1-18(2)20-10-12-23-24-8-7-9-26(31(24)35-27(23)16-20)29-25-13-11-21-15-22(32(4,5)6)14-19(3)28(21)30(25)34-17-33-29/h7-18H,1-6H3. The van der Waals surface area contributed by atoms with Crippen LogP contribution in [0.25, 0.3) is 54.9 Å². The predicted molar refractivity (Wildman–Crippen MR) is 152 cm³/mol. The first-order valence-corrected chi connectivity index (χ1v) is 19.7. The summed E-state index contributed by atoms with van der Waals surface area (Å²) in [5.74, 6) is 7.79. The Balaban J connectivity index is 1.63. The van der Waals surface area contributed by atoms with Gasteiger partial charge in [-0.05, 0) is 11.5 Å². The van der Waals surface area contributed by atoms with E-state index in [-0.39, 0.29) is 0 Å². The van der Waals surface area contributed by atoms with Crippen molar-refractivity contribution in [3.63, 3.8) is 0 Å². The third kappa shape index (κ3) is 3.56. The molecular formula is C31H30GeN2O. The van der Waals surface area contributed by atoms with Gasteiger partial charge in [-0.2, -0.15) is 0 Å². The minimum absolute atomic E-state index is 0.455. The summed E-state index contributed by atoms with van der Waals surface area (Å²) in [6.45, 7) is 6.64. The van der Waals surface area contributed by atoms with Crippen molar-refractivity contribution >= 4 is 61.3 Å². The van der Waals surface area contributed by atoms with Gasteiger partial charge < -0.3 is 0 Å². The van der Waals surface area contributed by atoms with Crippen molar-refractivity contribution in [1.82, 2.24) is 9.97 Å². The maximum atomic E-state index is 6.49. The normalized spacial score (nSPS) is 12.5. The van der Waals surface area contributed by atoms with Gasteiger partial charge >= 0.3 is 178 Å². The molecule has 0 atom stereocenters. The SMILES string of the molecule is Cc1c[c]([Ge]([CH3])([CH3])[CH3])cc2ccc3c(-c4cccc5c4oc4cc(C(C)C)ccc45)ncnc3c12. The fraction of sp³-hybridized carbons (Fsp3) is 0.226. The summed E-state index contributed by atoms with van der Waals surface area (Å²) in [5.41, 5.74) is 7.32. The van der Waals surface area contributed by atoms with Crippen LogP contribution < -0.4 is 4.40 Å². The average Bonchev–Trinajstić information content (AvgIpc) is 3.20. The van der Waals surface area contributed by atoms with Gasteiger partial charge in [0.05, 0.1) is 0 Å². The molecule has 0 saturated carbocycles. The molecule has 2 heterocycles. The van der Waals surface area contributed by atoms with E-state index in [9.17, 15) is 0 Å². The number of rotatable bonds is 3. The van der Waals surface area contributed by atoms with E-state index in [1.807, 2.05) is 0 Å². The van der Waals surface area contributed by atoms with Crippen LogP contribution in [0.1, 0.15) is 30.9 Å². The second kappa shape index (κ2) is 7.92. The summed E-state index contributed by atoms with van der Waals surface area (Å²) < 4.78 is 8.01. The molecular weight excluding hydrogens is 489 g/mol. The number of para-hydroxylation sites is 1. The van der Waals surface area contributed by atoms with Crippen LogP contribution in [0.15, 0.2) is 71.4 Å². The van der Waals surface area contributed by atoms with Crippen molar-refractivity contribution in [1.29, 1.82) is 0 Å². The van der Waals surface area contributed by atoms with Crippen molar-refractivity contribution in [3.05, 3.63) is 78.1 Å². The minimum atomic E-state index is -1.95. The molecule has 0 aliphatic rings. The number of aryl methyl sites for hydroxylation is 1. The Kier molecular flexibility index (Phi) is 5.05. The molecule has 0 fully saturated rings. The van der Waals surface area contributed by atoms with E-state index >= 15 is 0 Å². The molecule has 4 heteroatoms. The first-order chi connectivity index (χ1) is 16.7. The fourth-order valence-corrected chi connectivity index (χ4v) is 7.80. The number of nitrogens with zero attached hydrogens (tertiary/aromatic N) is 2. The second-order valence-corrected chi connectivity index (χ2v) is 21.7. The number of hydrogen-bond donors (Lipinski definition) is 0. The number of furan rings is 1. The summed E-state index contributed by atoms with van der Waals surface area (Å²) in [6, 6.07) is 22.1. The fourth-order valence-electron chi connectivity index (χ4n) is 5.20. The topological polar surface area (TPSA) is 38.9 Å².